The fraction of sp³-hybridized carbons (Fsp3) is 0.533. The zero-order valence-electron chi connectivity index (χ0n) is 11.7. The minimum Gasteiger partial charge on any atom is -0.359 e. The molecule has 0 aliphatic rings. The SMILES string of the molecule is CCC(CC)C(C)Nc1nc2cc(C)ccc2s1. The van der Waals surface area contributed by atoms with Crippen molar-refractivity contribution in [3.63, 3.8) is 0 Å². The van der Waals surface area contributed by atoms with Crippen LogP contribution in [-0.2, 0) is 0 Å². The zero-order valence-corrected chi connectivity index (χ0v) is 12.5. The van der Waals surface area contributed by atoms with E-state index in [1.165, 1.54) is 23.1 Å². The quantitative estimate of drug-likeness (QED) is 0.834. The number of rotatable bonds is 5. The van der Waals surface area contributed by atoms with Gasteiger partial charge >= 0.3 is 0 Å². The van der Waals surface area contributed by atoms with E-state index >= 15 is 0 Å². The van der Waals surface area contributed by atoms with Crippen LogP contribution in [0.5, 0.6) is 0 Å². The molecule has 0 amide bonds. The number of nitrogens with zero attached hydrogens (tertiary/aromatic N) is 1. The smallest absolute Gasteiger partial charge is 0.184 e. The van der Waals surface area contributed by atoms with Gasteiger partial charge in [-0.2, -0.15) is 0 Å². The van der Waals surface area contributed by atoms with Gasteiger partial charge in [-0.25, -0.2) is 4.98 Å². The molecule has 2 rings (SSSR count). The van der Waals surface area contributed by atoms with Crippen LogP contribution in [-0.4, -0.2) is 11.0 Å². The van der Waals surface area contributed by atoms with E-state index in [2.05, 4.69) is 56.2 Å². The van der Waals surface area contributed by atoms with Crippen molar-refractivity contribution in [2.45, 2.75) is 46.6 Å². The topological polar surface area (TPSA) is 24.9 Å². The summed E-state index contributed by atoms with van der Waals surface area (Å²) < 4.78 is 1.26. The van der Waals surface area contributed by atoms with E-state index < -0.39 is 0 Å². The zero-order chi connectivity index (χ0) is 13.1. The first-order valence-electron chi connectivity index (χ1n) is 6.77. The highest BCUT2D eigenvalue weighted by Crippen LogP contribution is 2.28. The Balaban J connectivity index is 2.16. The Morgan fingerprint density at radius 2 is 2.00 bits per heavy atom. The molecule has 0 spiro atoms. The minimum atomic E-state index is 0.488. The number of anilines is 1. The van der Waals surface area contributed by atoms with Crippen LogP contribution in [0.15, 0.2) is 18.2 Å². The van der Waals surface area contributed by atoms with Crippen molar-refractivity contribution in [3.8, 4) is 0 Å². The van der Waals surface area contributed by atoms with Gasteiger partial charge in [-0.1, -0.05) is 44.1 Å². The number of hydrogen-bond acceptors (Lipinski definition) is 3. The van der Waals surface area contributed by atoms with E-state index in [1.807, 2.05) is 0 Å². The van der Waals surface area contributed by atoms with Crippen LogP contribution in [0.4, 0.5) is 5.13 Å². The highest BCUT2D eigenvalue weighted by molar-refractivity contribution is 7.22. The molecule has 0 aliphatic heterocycles. The predicted molar refractivity (Wildman–Crippen MR) is 81.5 cm³/mol. The number of aryl methyl sites for hydroxylation is 1. The number of hydrogen-bond donors (Lipinski definition) is 1. The van der Waals surface area contributed by atoms with Crippen molar-refractivity contribution in [1.29, 1.82) is 0 Å². The van der Waals surface area contributed by atoms with Crippen LogP contribution in [0, 0.1) is 12.8 Å². The van der Waals surface area contributed by atoms with Crippen molar-refractivity contribution in [2.24, 2.45) is 5.92 Å². The first-order valence-corrected chi connectivity index (χ1v) is 7.59. The lowest BCUT2D eigenvalue weighted by molar-refractivity contribution is 0.438. The minimum absolute atomic E-state index is 0.488. The van der Waals surface area contributed by atoms with Gasteiger partial charge in [-0.15, -0.1) is 0 Å². The Morgan fingerprint density at radius 1 is 1.28 bits per heavy atom. The Kier molecular flexibility index (Phi) is 4.23. The monoisotopic (exact) mass is 262 g/mol. The summed E-state index contributed by atoms with van der Waals surface area (Å²) in [5, 5.41) is 4.61. The predicted octanol–water partition coefficient (Wildman–Crippen LogP) is 4.84. The average Bonchev–Trinajstić information content (AvgIpc) is 2.71. The van der Waals surface area contributed by atoms with Gasteiger partial charge in [0.15, 0.2) is 5.13 Å². The first-order chi connectivity index (χ1) is 8.63. The van der Waals surface area contributed by atoms with Crippen LogP contribution in [0.2, 0.25) is 0 Å². The average molecular weight is 262 g/mol. The largest absolute Gasteiger partial charge is 0.359 e. The van der Waals surface area contributed by atoms with Crippen molar-refractivity contribution in [1.82, 2.24) is 4.98 Å². The lowest BCUT2D eigenvalue weighted by atomic mass is 9.96. The van der Waals surface area contributed by atoms with Gasteiger partial charge < -0.3 is 5.32 Å². The van der Waals surface area contributed by atoms with Gasteiger partial charge in [0.05, 0.1) is 10.2 Å². The molecule has 0 saturated carbocycles. The summed E-state index contributed by atoms with van der Waals surface area (Å²) in [6, 6.07) is 6.95. The molecule has 18 heavy (non-hydrogen) atoms. The second-order valence-corrected chi connectivity index (χ2v) is 6.03. The second kappa shape index (κ2) is 5.70. The van der Waals surface area contributed by atoms with Crippen molar-refractivity contribution in [3.05, 3.63) is 23.8 Å². The molecule has 1 heterocycles. The van der Waals surface area contributed by atoms with Crippen molar-refractivity contribution < 1.29 is 0 Å². The molecule has 0 aliphatic carbocycles. The standard InChI is InChI=1S/C15H22N2S/c1-5-12(6-2)11(4)16-15-17-13-9-10(3)7-8-14(13)18-15/h7-9,11-12H,5-6H2,1-4H3,(H,16,17). The maximum atomic E-state index is 4.67. The molecule has 0 saturated heterocycles. The molecule has 3 heteroatoms. The Hall–Kier alpha value is -1.09. The summed E-state index contributed by atoms with van der Waals surface area (Å²) in [6.07, 6.45) is 2.43. The van der Waals surface area contributed by atoms with Gasteiger partial charge in [0.2, 0.25) is 0 Å². The number of benzene rings is 1. The van der Waals surface area contributed by atoms with Gasteiger partial charge in [0.1, 0.15) is 0 Å². The van der Waals surface area contributed by atoms with Crippen LogP contribution in [0.3, 0.4) is 0 Å². The molecule has 1 aromatic carbocycles. The third kappa shape index (κ3) is 2.83. The van der Waals surface area contributed by atoms with Crippen molar-refractivity contribution in [2.75, 3.05) is 5.32 Å². The molecular formula is C15H22N2S. The summed E-state index contributed by atoms with van der Waals surface area (Å²) in [5.74, 6) is 0.721. The number of nitrogens with one attached hydrogen (secondary N) is 1. The first kappa shape index (κ1) is 13.3. The van der Waals surface area contributed by atoms with Gasteiger partial charge in [-0.3, -0.25) is 0 Å². The van der Waals surface area contributed by atoms with Gasteiger partial charge in [0.25, 0.3) is 0 Å². The summed E-state index contributed by atoms with van der Waals surface area (Å²) in [5.41, 5.74) is 2.38. The third-order valence-corrected chi connectivity index (χ3v) is 4.62. The highest BCUT2D eigenvalue weighted by atomic mass is 32.1. The van der Waals surface area contributed by atoms with E-state index in [-0.39, 0.29) is 0 Å². The Labute approximate surface area is 113 Å². The summed E-state index contributed by atoms with van der Waals surface area (Å²) in [7, 11) is 0. The Morgan fingerprint density at radius 3 is 2.67 bits per heavy atom. The molecule has 1 N–H and O–H groups in total. The third-order valence-electron chi connectivity index (χ3n) is 3.65. The Bertz CT molecular complexity index is 514. The maximum absolute atomic E-state index is 4.67. The molecule has 2 nitrogen and oxygen atoms in total. The molecule has 1 atom stereocenters. The molecule has 0 fully saturated rings. The van der Waals surface area contributed by atoms with E-state index in [0.717, 1.165) is 16.6 Å². The fourth-order valence-electron chi connectivity index (χ4n) is 2.41. The molecule has 0 radical (unpaired) electrons. The normalized spacial score (nSPS) is 13.2. The molecule has 0 bridgehead atoms. The number of thiazole rings is 1. The van der Waals surface area contributed by atoms with E-state index in [9.17, 15) is 0 Å². The van der Waals surface area contributed by atoms with E-state index in [0.29, 0.717) is 6.04 Å². The summed E-state index contributed by atoms with van der Waals surface area (Å²) in [4.78, 5) is 4.67. The lowest BCUT2D eigenvalue weighted by Gasteiger charge is -2.21. The van der Waals surface area contributed by atoms with Crippen LogP contribution >= 0.6 is 11.3 Å². The summed E-state index contributed by atoms with van der Waals surface area (Å²) >= 11 is 1.75. The van der Waals surface area contributed by atoms with Crippen LogP contribution in [0.25, 0.3) is 10.2 Å². The van der Waals surface area contributed by atoms with E-state index in [4.69, 9.17) is 0 Å². The molecule has 1 aromatic heterocycles. The molecule has 2 aromatic rings. The van der Waals surface area contributed by atoms with Gasteiger partial charge in [0, 0.05) is 6.04 Å². The van der Waals surface area contributed by atoms with E-state index in [1.54, 1.807) is 11.3 Å². The number of aromatic nitrogens is 1. The summed E-state index contributed by atoms with van der Waals surface area (Å²) in [6.45, 7) is 8.88. The van der Waals surface area contributed by atoms with Crippen LogP contribution in [0.1, 0.15) is 39.2 Å². The fourth-order valence-corrected chi connectivity index (χ4v) is 3.35. The van der Waals surface area contributed by atoms with Crippen LogP contribution < -0.4 is 5.32 Å². The molecule has 1 unspecified atom stereocenters. The second-order valence-electron chi connectivity index (χ2n) is 5.00. The lowest BCUT2D eigenvalue weighted by Crippen LogP contribution is -2.24. The van der Waals surface area contributed by atoms with Crippen molar-refractivity contribution >= 4 is 26.7 Å². The highest BCUT2D eigenvalue weighted by Gasteiger charge is 2.14. The molecule has 98 valence electrons. The maximum Gasteiger partial charge on any atom is 0.184 e. The van der Waals surface area contributed by atoms with Gasteiger partial charge in [-0.05, 0) is 37.5 Å². The number of fused-ring (bicyclic) bond motifs is 1. The molecular weight excluding hydrogens is 240 g/mol.